The van der Waals surface area contributed by atoms with E-state index >= 15 is 0 Å². The maximum absolute atomic E-state index is 12.0. The highest BCUT2D eigenvalue weighted by molar-refractivity contribution is 5.80. The van der Waals surface area contributed by atoms with Crippen LogP contribution in [0.3, 0.4) is 0 Å². The maximum atomic E-state index is 12.0. The molecule has 138 valence electrons. The van der Waals surface area contributed by atoms with Gasteiger partial charge in [-0.15, -0.1) is 6.58 Å². The second-order valence-electron chi connectivity index (χ2n) is 6.11. The zero-order valence-electron chi connectivity index (χ0n) is 15.3. The molecule has 1 unspecified atom stereocenters. The number of rotatable bonds is 11. The van der Waals surface area contributed by atoms with Gasteiger partial charge in [-0.05, 0) is 30.0 Å². The Morgan fingerprint density at radius 3 is 2.54 bits per heavy atom. The molecule has 0 radical (unpaired) electrons. The van der Waals surface area contributed by atoms with E-state index in [0.29, 0.717) is 26.4 Å². The van der Waals surface area contributed by atoms with Gasteiger partial charge in [-0.1, -0.05) is 60.7 Å². The van der Waals surface area contributed by atoms with Crippen LogP contribution in [-0.4, -0.2) is 18.6 Å². The molecule has 0 heterocycles. The van der Waals surface area contributed by atoms with Gasteiger partial charge in [-0.2, -0.15) is 0 Å². The van der Waals surface area contributed by atoms with E-state index in [1.165, 1.54) is 0 Å². The van der Waals surface area contributed by atoms with Gasteiger partial charge in [-0.3, -0.25) is 4.79 Å². The second kappa shape index (κ2) is 11.2. The van der Waals surface area contributed by atoms with Crippen LogP contribution in [0.5, 0.6) is 0 Å². The molecular weight excluding hydrogens is 326 g/mol. The SMILES string of the molecule is C=CCCOC(C)C(=O)NCc1cccc(COCc2ccccc2)c1. The van der Waals surface area contributed by atoms with Gasteiger partial charge in [-0.25, -0.2) is 0 Å². The smallest absolute Gasteiger partial charge is 0.249 e. The van der Waals surface area contributed by atoms with Gasteiger partial charge in [0.2, 0.25) is 5.91 Å². The molecular formula is C22H27NO3. The van der Waals surface area contributed by atoms with Crippen LogP contribution >= 0.6 is 0 Å². The number of nitrogens with one attached hydrogen (secondary N) is 1. The topological polar surface area (TPSA) is 47.6 Å². The van der Waals surface area contributed by atoms with Crippen molar-refractivity contribution in [2.75, 3.05) is 6.61 Å². The van der Waals surface area contributed by atoms with E-state index in [1.807, 2.05) is 48.5 Å². The highest BCUT2D eigenvalue weighted by atomic mass is 16.5. The van der Waals surface area contributed by atoms with Crippen molar-refractivity contribution in [3.05, 3.63) is 83.9 Å². The zero-order chi connectivity index (χ0) is 18.6. The Bertz CT molecular complexity index is 685. The fourth-order valence-corrected chi connectivity index (χ4v) is 2.43. The van der Waals surface area contributed by atoms with Crippen molar-refractivity contribution < 1.29 is 14.3 Å². The number of benzene rings is 2. The molecule has 1 amide bonds. The van der Waals surface area contributed by atoms with Crippen LogP contribution < -0.4 is 5.32 Å². The van der Waals surface area contributed by atoms with Gasteiger partial charge in [0.25, 0.3) is 0 Å². The molecule has 4 heteroatoms. The normalized spacial score (nSPS) is 11.7. The molecule has 1 atom stereocenters. The molecule has 4 nitrogen and oxygen atoms in total. The van der Waals surface area contributed by atoms with E-state index in [1.54, 1.807) is 13.0 Å². The molecule has 1 N–H and O–H groups in total. The minimum atomic E-state index is -0.465. The van der Waals surface area contributed by atoms with E-state index in [2.05, 4.69) is 18.0 Å². The first kappa shape index (κ1) is 19.9. The summed E-state index contributed by atoms with van der Waals surface area (Å²) < 4.78 is 11.2. The molecule has 0 aliphatic carbocycles. The molecule has 2 aromatic rings. The van der Waals surface area contributed by atoms with Gasteiger partial charge >= 0.3 is 0 Å². The van der Waals surface area contributed by atoms with Gasteiger partial charge in [0.15, 0.2) is 0 Å². The predicted octanol–water partition coefficient (Wildman–Crippen LogP) is 4.00. The molecule has 0 fully saturated rings. The van der Waals surface area contributed by atoms with Gasteiger partial charge < -0.3 is 14.8 Å². The van der Waals surface area contributed by atoms with Crippen LogP contribution in [0.1, 0.15) is 30.0 Å². The summed E-state index contributed by atoms with van der Waals surface area (Å²) in [5, 5.41) is 2.90. The average molecular weight is 353 g/mol. The Hall–Kier alpha value is -2.43. The molecule has 2 aromatic carbocycles. The maximum Gasteiger partial charge on any atom is 0.249 e. The summed E-state index contributed by atoms with van der Waals surface area (Å²) in [5.41, 5.74) is 3.28. The number of carbonyl (C=O) groups excluding carboxylic acids is 1. The lowest BCUT2D eigenvalue weighted by Gasteiger charge is -2.13. The molecule has 0 aliphatic heterocycles. The molecule has 26 heavy (non-hydrogen) atoms. The Morgan fingerprint density at radius 2 is 1.77 bits per heavy atom. The first-order chi connectivity index (χ1) is 12.7. The average Bonchev–Trinajstić information content (AvgIpc) is 2.67. The summed E-state index contributed by atoms with van der Waals surface area (Å²) in [6.45, 7) is 7.49. The highest BCUT2D eigenvalue weighted by Gasteiger charge is 2.12. The predicted molar refractivity (Wildman–Crippen MR) is 103 cm³/mol. The number of ether oxygens (including phenoxy) is 2. The monoisotopic (exact) mass is 353 g/mol. The van der Waals surface area contributed by atoms with Crippen molar-refractivity contribution in [1.82, 2.24) is 5.32 Å². The Balaban J connectivity index is 1.75. The summed E-state index contributed by atoms with van der Waals surface area (Å²) >= 11 is 0. The number of carbonyl (C=O) groups is 1. The lowest BCUT2D eigenvalue weighted by molar-refractivity contribution is -0.131. The van der Waals surface area contributed by atoms with Crippen LogP contribution in [-0.2, 0) is 34.0 Å². The summed E-state index contributed by atoms with van der Waals surface area (Å²) in [6, 6.07) is 18.1. The van der Waals surface area contributed by atoms with Gasteiger partial charge in [0.05, 0.1) is 19.8 Å². The summed E-state index contributed by atoms with van der Waals surface area (Å²) in [4.78, 5) is 12.0. The summed E-state index contributed by atoms with van der Waals surface area (Å²) in [7, 11) is 0. The molecule has 2 rings (SSSR count). The lowest BCUT2D eigenvalue weighted by atomic mass is 10.1. The largest absolute Gasteiger partial charge is 0.372 e. The molecule has 0 aromatic heterocycles. The van der Waals surface area contributed by atoms with Crippen LogP contribution in [0.15, 0.2) is 67.3 Å². The van der Waals surface area contributed by atoms with Crippen molar-refractivity contribution in [1.29, 1.82) is 0 Å². The van der Waals surface area contributed by atoms with Crippen LogP contribution in [0, 0.1) is 0 Å². The third kappa shape index (κ3) is 7.21. The third-order valence-corrected chi connectivity index (χ3v) is 3.90. The minimum absolute atomic E-state index is 0.111. The Labute approximate surface area is 155 Å². The molecule has 0 saturated carbocycles. The van der Waals surface area contributed by atoms with Crippen molar-refractivity contribution in [3.8, 4) is 0 Å². The first-order valence-corrected chi connectivity index (χ1v) is 8.88. The van der Waals surface area contributed by atoms with Crippen LogP contribution in [0.25, 0.3) is 0 Å². The first-order valence-electron chi connectivity index (χ1n) is 8.88. The van der Waals surface area contributed by atoms with Gasteiger partial charge in [0.1, 0.15) is 6.10 Å². The molecule has 0 aliphatic rings. The highest BCUT2D eigenvalue weighted by Crippen LogP contribution is 2.09. The molecule has 0 spiro atoms. The summed E-state index contributed by atoms with van der Waals surface area (Å²) in [6.07, 6.45) is 2.05. The Kier molecular flexibility index (Phi) is 8.60. The fraction of sp³-hybridized carbons (Fsp3) is 0.318. The second-order valence-corrected chi connectivity index (χ2v) is 6.11. The standard InChI is InChI=1S/C22H27NO3/c1-3-4-13-26-18(2)22(24)23-15-20-11-8-12-21(14-20)17-25-16-19-9-6-5-7-10-19/h3,5-12,14,18H,1,4,13,15-17H2,2H3,(H,23,24). The Morgan fingerprint density at radius 1 is 1.08 bits per heavy atom. The number of amides is 1. The minimum Gasteiger partial charge on any atom is -0.372 e. The fourth-order valence-electron chi connectivity index (χ4n) is 2.43. The van der Waals surface area contributed by atoms with E-state index in [9.17, 15) is 4.79 Å². The van der Waals surface area contributed by atoms with Crippen molar-refractivity contribution in [2.24, 2.45) is 0 Å². The van der Waals surface area contributed by atoms with E-state index in [0.717, 1.165) is 23.1 Å². The molecule has 0 saturated heterocycles. The van der Waals surface area contributed by atoms with E-state index < -0.39 is 6.10 Å². The van der Waals surface area contributed by atoms with E-state index in [-0.39, 0.29) is 5.91 Å². The van der Waals surface area contributed by atoms with Crippen molar-refractivity contribution >= 4 is 5.91 Å². The number of hydrogen-bond donors (Lipinski definition) is 1. The summed E-state index contributed by atoms with van der Waals surface area (Å²) in [5.74, 6) is -0.111. The molecule has 0 bridgehead atoms. The quantitative estimate of drug-likeness (QED) is 0.491. The lowest BCUT2D eigenvalue weighted by Crippen LogP contribution is -2.34. The van der Waals surface area contributed by atoms with Gasteiger partial charge in [0, 0.05) is 6.54 Å². The number of hydrogen-bond acceptors (Lipinski definition) is 3. The third-order valence-electron chi connectivity index (χ3n) is 3.90. The van der Waals surface area contributed by atoms with Crippen molar-refractivity contribution in [2.45, 2.75) is 39.2 Å². The van der Waals surface area contributed by atoms with Crippen LogP contribution in [0.4, 0.5) is 0 Å². The van der Waals surface area contributed by atoms with Crippen molar-refractivity contribution in [3.63, 3.8) is 0 Å². The van der Waals surface area contributed by atoms with Crippen LogP contribution in [0.2, 0.25) is 0 Å². The zero-order valence-corrected chi connectivity index (χ0v) is 15.3. The van der Waals surface area contributed by atoms with E-state index in [4.69, 9.17) is 9.47 Å².